The van der Waals surface area contributed by atoms with E-state index in [1.54, 1.807) is 17.6 Å². The lowest BCUT2D eigenvalue weighted by molar-refractivity contribution is -0.125. The molecule has 0 saturated carbocycles. The van der Waals surface area contributed by atoms with Crippen LogP contribution in [0.4, 0.5) is 0 Å². The van der Waals surface area contributed by atoms with Crippen LogP contribution in [0.3, 0.4) is 0 Å². The van der Waals surface area contributed by atoms with Crippen molar-refractivity contribution in [3.8, 4) is 0 Å². The zero-order valence-electron chi connectivity index (χ0n) is 4.79. The second kappa shape index (κ2) is 2.46. The molecule has 0 bridgehead atoms. The minimum Gasteiger partial charge on any atom is -0.288 e. The fourth-order valence-corrected chi connectivity index (χ4v) is 0.687. The quantitative estimate of drug-likeness (QED) is 0.393. The first kappa shape index (κ1) is 6.04. The van der Waals surface area contributed by atoms with Gasteiger partial charge in [0.05, 0.1) is 0 Å². The zero-order chi connectivity index (χ0) is 6.69. The molecule has 0 aromatic heterocycles. The Hall–Kier alpha value is -1.09. The third kappa shape index (κ3) is 1.17. The molecule has 0 aromatic rings. The normalized spacial score (nSPS) is 15.4. The highest BCUT2D eigenvalue weighted by Crippen LogP contribution is 2.08. The zero-order valence-corrected chi connectivity index (χ0v) is 4.79. The maximum absolute atomic E-state index is 10.5. The van der Waals surface area contributed by atoms with Gasteiger partial charge in [-0.1, -0.05) is 18.2 Å². The van der Waals surface area contributed by atoms with Gasteiger partial charge in [-0.15, -0.1) is 0 Å². The molecule has 9 heavy (non-hydrogen) atoms. The monoisotopic (exact) mass is 125 g/mol. The van der Waals surface area contributed by atoms with Crippen molar-refractivity contribution in [3.63, 3.8) is 0 Å². The van der Waals surface area contributed by atoms with Crippen LogP contribution in [0.5, 0.6) is 0 Å². The highest BCUT2D eigenvalue weighted by molar-refractivity contribution is 5.93. The molecule has 0 radical (unpaired) electrons. The molecular weight excluding hydrogens is 118 g/mol. The smallest absolute Gasteiger partial charge is 0.270 e. The van der Waals surface area contributed by atoms with Crippen LogP contribution in [-0.4, -0.2) is 11.1 Å². The summed E-state index contributed by atoms with van der Waals surface area (Å²) in [7, 11) is 0. The van der Waals surface area contributed by atoms with Gasteiger partial charge in [-0.05, 0) is 6.42 Å². The Labute approximate surface area is 52.6 Å². The lowest BCUT2D eigenvalue weighted by Gasteiger charge is -1.95. The Morgan fingerprint density at radius 3 is 3.00 bits per heavy atom. The largest absolute Gasteiger partial charge is 0.288 e. The highest BCUT2D eigenvalue weighted by Gasteiger charge is 2.07. The maximum atomic E-state index is 10.5. The molecule has 0 atom stereocenters. The SMILES string of the molecule is O=C(NO)C1=CC=CC1. The number of carbonyl (C=O) groups is 1. The van der Waals surface area contributed by atoms with E-state index in [0.717, 1.165) is 0 Å². The van der Waals surface area contributed by atoms with Crippen molar-refractivity contribution in [2.45, 2.75) is 6.42 Å². The molecule has 48 valence electrons. The Bertz CT molecular complexity index is 181. The average Bonchev–Trinajstić information content (AvgIpc) is 2.37. The third-order valence-electron chi connectivity index (χ3n) is 1.16. The van der Waals surface area contributed by atoms with Crippen molar-refractivity contribution in [3.05, 3.63) is 23.8 Å². The van der Waals surface area contributed by atoms with E-state index in [9.17, 15) is 4.79 Å². The van der Waals surface area contributed by atoms with Gasteiger partial charge < -0.3 is 0 Å². The van der Waals surface area contributed by atoms with E-state index >= 15 is 0 Å². The van der Waals surface area contributed by atoms with Gasteiger partial charge in [0, 0.05) is 5.57 Å². The molecule has 1 rings (SSSR count). The summed E-state index contributed by atoms with van der Waals surface area (Å²) in [5, 5.41) is 8.13. The Kier molecular flexibility index (Phi) is 1.65. The van der Waals surface area contributed by atoms with Crippen LogP contribution >= 0.6 is 0 Å². The predicted octanol–water partition coefficient (Wildman–Crippen LogP) is 0.378. The van der Waals surface area contributed by atoms with Crippen LogP contribution in [0.1, 0.15) is 6.42 Å². The number of carbonyl (C=O) groups excluding carboxylic acids is 1. The van der Waals surface area contributed by atoms with Gasteiger partial charge in [-0.3, -0.25) is 10.0 Å². The van der Waals surface area contributed by atoms with E-state index in [4.69, 9.17) is 5.21 Å². The fraction of sp³-hybridized carbons (Fsp3) is 0.167. The molecular formula is C6H7NO2. The van der Waals surface area contributed by atoms with Crippen molar-refractivity contribution in [2.75, 3.05) is 0 Å². The number of hydrogen-bond acceptors (Lipinski definition) is 2. The first-order valence-electron chi connectivity index (χ1n) is 2.64. The molecule has 1 amide bonds. The van der Waals surface area contributed by atoms with Gasteiger partial charge in [0.25, 0.3) is 5.91 Å². The van der Waals surface area contributed by atoms with Crippen molar-refractivity contribution in [1.29, 1.82) is 0 Å². The maximum Gasteiger partial charge on any atom is 0.270 e. The van der Waals surface area contributed by atoms with Crippen LogP contribution < -0.4 is 5.48 Å². The molecule has 0 aliphatic heterocycles. The highest BCUT2D eigenvalue weighted by atomic mass is 16.5. The summed E-state index contributed by atoms with van der Waals surface area (Å²) < 4.78 is 0. The summed E-state index contributed by atoms with van der Waals surface area (Å²) >= 11 is 0. The molecule has 2 N–H and O–H groups in total. The molecule has 0 heterocycles. The topological polar surface area (TPSA) is 49.3 Å². The minimum absolute atomic E-state index is 0.417. The lowest BCUT2D eigenvalue weighted by atomic mass is 10.2. The number of amides is 1. The average molecular weight is 125 g/mol. The molecule has 0 unspecified atom stereocenters. The molecule has 0 aromatic carbocycles. The third-order valence-corrected chi connectivity index (χ3v) is 1.16. The second-order valence-corrected chi connectivity index (χ2v) is 1.77. The molecule has 1 aliphatic carbocycles. The number of hydroxylamine groups is 1. The van der Waals surface area contributed by atoms with E-state index < -0.39 is 5.91 Å². The van der Waals surface area contributed by atoms with Gasteiger partial charge in [-0.2, -0.15) is 0 Å². The van der Waals surface area contributed by atoms with Gasteiger partial charge in [0.2, 0.25) is 0 Å². The van der Waals surface area contributed by atoms with Crippen molar-refractivity contribution in [2.24, 2.45) is 0 Å². The summed E-state index contributed by atoms with van der Waals surface area (Å²) in [6.45, 7) is 0. The Morgan fingerprint density at radius 1 is 1.78 bits per heavy atom. The molecule has 0 saturated heterocycles. The van der Waals surface area contributed by atoms with Crippen LogP contribution in [0.2, 0.25) is 0 Å². The first-order chi connectivity index (χ1) is 4.34. The second-order valence-electron chi connectivity index (χ2n) is 1.77. The Balaban J connectivity index is 2.55. The summed E-state index contributed by atoms with van der Waals surface area (Å²) in [6.07, 6.45) is 5.92. The molecule has 0 fully saturated rings. The number of allylic oxidation sites excluding steroid dienone is 3. The van der Waals surface area contributed by atoms with Gasteiger partial charge in [0.15, 0.2) is 0 Å². The molecule has 3 nitrogen and oxygen atoms in total. The summed E-state index contributed by atoms with van der Waals surface area (Å²) in [6, 6.07) is 0. The van der Waals surface area contributed by atoms with Crippen molar-refractivity contribution in [1.82, 2.24) is 5.48 Å². The van der Waals surface area contributed by atoms with E-state index in [0.29, 0.717) is 12.0 Å². The fourth-order valence-electron chi connectivity index (χ4n) is 0.687. The van der Waals surface area contributed by atoms with E-state index in [1.165, 1.54) is 0 Å². The van der Waals surface area contributed by atoms with Crippen LogP contribution in [-0.2, 0) is 4.79 Å². The first-order valence-corrected chi connectivity index (χ1v) is 2.64. The van der Waals surface area contributed by atoms with Crippen LogP contribution in [0.15, 0.2) is 23.8 Å². The van der Waals surface area contributed by atoms with Crippen molar-refractivity contribution < 1.29 is 10.0 Å². The molecule has 3 heteroatoms. The molecule has 0 spiro atoms. The van der Waals surface area contributed by atoms with E-state index in [1.807, 2.05) is 6.08 Å². The number of hydrogen-bond donors (Lipinski definition) is 2. The van der Waals surface area contributed by atoms with Gasteiger partial charge in [0.1, 0.15) is 0 Å². The summed E-state index contributed by atoms with van der Waals surface area (Å²) in [5.74, 6) is -0.417. The van der Waals surface area contributed by atoms with Crippen molar-refractivity contribution >= 4 is 5.91 Å². The van der Waals surface area contributed by atoms with Gasteiger partial charge in [-0.25, -0.2) is 5.48 Å². The van der Waals surface area contributed by atoms with Crippen LogP contribution in [0.25, 0.3) is 0 Å². The number of rotatable bonds is 1. The predicted molar refractivity (Wildman–Crippen MR) is 31.8 cm³/mol. The van der Waals surface area contributed by atoms with Crippen LogP contribution in [0, 0.1) is 0 Å². The number of nitrogens with one attached hydrogen (secondary N) is 1. The van der Waals surface area contributed by atoms with Gasteiger partial charge >= 0.3 is 0 Å². The standard InChI is InChI=1S/C6H7NO2/c8-6(7-9)5-3-1-2-4-5/h1-3,9H,4H2,(H,7,8). The van der Waals surface area contributed by atoms with E-state index in [-0.39, 0.29) is 0 Å². The molecule has 1 aliphatic rings. The van der Waals surface area contributed by atoms with E-state index in [2.05, 4.69) is 0 Å². The lowest BCUT2D eigenvalue weighted by Crippen LogP contribution is -2.19. The summed E-state index contributed by atoms with van der Waals surface area (Å²) in [4.78, 5) is 10.5. The summed E-state index contributed by atoms with van der Waals surface area (Å²) in [5.41, 5.74) is 2.15. The minimum atomic E-state index is -0.417. The Morgan fingerprint density at radius 2 is 2.56 bits per heavy atom.